The molecule has 2 heterocycles. The molecular formula is C21H22N6O2. The van der Waals surface area contributed by atoms with E-state index in [2.05, 4.69) is 31.6 Å². The Labute approximate surface area is 168 Å². The van der Waals surface area contributed by atoms with E-state index in [9.17, 15) is 4.79 Å². The monoisotopic (exact) mass is 390 g/mol. The zero-order valence-electron chi connectivity index (χ0n) is 16.5. The minimum Gasteiger partial charge on any atom is -0.497 e. The highest BCUT2D eigenvalue weighted by atomic mass is 16.5. The maximum atomic E-state index is 12.6. The van der Waals surface area contributed by atoms with Crippen molar-refractivity contribution in [2.24, 2.45) is 7.05 Å². The van der Waals surface area contributed by atoms with Crippen LogP contribution in [0.15, 0.2) is 55.0 Å². The average Bonchev–Trinajstić information content (AvgIpc) is 3.37. The minimum atomic E-state index is -0.112. The number of benzene rings is 2. The van der Waals surface area contributed by atoms with Crippen LogP contribution in [0.2, 0.25) is 0 Å². The Bertz CT molecular complexity index is 1130. The first-order chi connectivity index (χ1) is 14.0. The zero-order chi connectivity index (χ0) is 20.4. The van der Waals surface area contributed by atoms with Crippen LogP contribution in [-0.2, 0) is 13.5 Å². The number of hydrogen-bond acceptors (Lipinski definition) is 5. The number of ether oxygens (including phenoxy) is 1. The van der Waals surface area contributed by atoms with Crippen LogP contribution in [0, 0.1) is 0 Å². The van der Waals surface area contributed by atoms with Crippen LogP contribution in [-0.4, -0.2) is 43.8 Å². The van der Waals surface area contributed by atoms with Gasteiger partial charge in [-0.25, -0.2) is 4.68 Å². The minimum absolute atomic E-state index is 0.0292. The van der Waals surface area contributed by atoms with Gasteiger partial charge in [-0.3, -0.25) is 4.79 Å². The van der Waals surface area contributed by atoms with E-state index in [4.69, 9.17) is 4.74 Å². The third-order valence-electron chi connectivity index (χ3n) is 4.93. The van der Waals surface area contributed by atoms with Crippen molar-refractivity contribution in [1.29, 1.82) is 0 Å². The Hall–Kier alpha value is -3.68. The molecule has 4 aromatic rings. The summed E-state index contributed by atoms with van der Waals surface area (Å²) in [6.07, 6.45) is 4.34. The number of nitrogens with zero attached hydrogens (tertiary/aromatic N) is 5. The van der Waals surface area contributed by atoms with E-state index in [1.54, 1.807) is 23.9 Å². The summed E-state index contributed by atoms with van der Waals surface area (Å²) in [5.74, 6) is 0.711. The van der Waals surface area contributed by atoms with Crippen LogP contribution in [0.4, 0.5) is 0 Å². The number of amides is 1. The lowest BCUT2D eigenvalue weighted by molar-refractivity contribution is 0.0940. The van der Waals surface area contributed by atoms with Crippen LogP contribution < -0.4 is 10.1 Å². The molecule has 0 fully saturated rings. The van der Waals surface area contributed by atoms with Crippen molar-refractivity contribution in [1.82, 2.24) is 30.1 Å². The molecule has 4 rings (SSSR count). The summed E-state index contributed by atoms with van der Waals surface area (Å²) in [6.45, 7) is 2.01. The number of rotatable bonds is 6. The SMILES string of the molecule is COc1ccc2c(c1)c(C[C@H](C)NC(=O)c1ccc(-n3cnnn3)cc1)cn2C. The Kier molecular flexibility index (Phi) is 4.99. The first-order valence-corrected chi connectivity index (χ1v) is 9.31. The van der Waals surface area contributed by atoms with Gasteiger partial charge in [0.15, 0.2) is 0 Å². The number of aromatic nitrogens is 5. The molecule has 2 aromatic carbocycles. The summed E-state index contributed by atoms with van der Waals surface area (Å²) in [5, 5.41) is 15.3. The molecule has 0 radical (unpaired) electrons. The van der Waals surface area contributed by atoms with Crippen molar-refractivity contribution in [3.63, 3.8) is 0 Å². The van der Waals surface area contributed by atoms with E-state index in [0.29, 0.717) is 5.56 Å². The molecule has 0 aliphatic heterocycles. The fourth-order valence-corrected chi connectivity index (χ4v) is 3.48. The second-order valence-corrected chi connectivity index (χ2v) is 7.03. The number of fused-ring (bicyclic) bond motifs is 1. The van der Waals surface area contributed by atoms with Gasteiger partial charge in [0, 0.05) is 35.8 Å². The molecule has 0 aliphatic carbocycles. The van der Waals surface area contributed by atoms with Gasteiger partial charge in [0.1, 0.15) is 12.1 Å². The summed E-state index contributed by atoms with van der Waals surface area (Å²) in [5.41, 5.74) is 3.69. The van der Waals surface area contributed by atoms with Crippen molar-refractivity contribution >= 4 is 16.8 Å². The van der Waals surface area contributed by atoms with E-state index in [0.717, 1.165) is 28.8 Å². The number of tetrazole rings is 1. The summed E-state index contributed by atoms with van der Waals surface area (Å²) in [6, 6.07) is 13.2. The van der Waals surface area contributed by atoms with Crippen LogP contribution >= 0.6 is 0 Å². The van der Waals surface area contributed by atoms with E-state index < -0.39 is 0 Å². The molecule has 148 valence electrons. The third-order valence-corrected chi connectivity index (χ3v) is 4.93. The van der Waals surface area contributed by atoms with Crippen LogP contribution in [0.3, 0.4) is 0 Å². The van der Waals surface area contributed by atoms with Gasteiger partial charge in [0.2, 0.25) is 0 Å². The summed E-state index contributed by atoms with van der Waals surface area (Å²) >= 11 is 0. The Balaban J connectivity index is 1.46. The molecule has 0 bridgehead atoms. The first kappa shape index (κ1) is 18.7. The number of methoxy groups -OCH3 is 1. The summed E-state index contributed by atoms with van der Waals surface area (Å²) in [7, 11) is 3.69. The highest BCUT2D eigenvalue weighted by Gasteiger charge is 2.14. The van der Waals surface area contributed by atoms with Crippen LogP contribution in [0.1, 0.15) is 22.8 Å². The number of carbonyl (C=O) groups excluding carboxylic acids is 1. The Morgan fingerprint density at radius 1 is 1.21 bits per heavy atom. The molecule has 1 atom stereocenters. The molecule has 2 aromatic heterocycles. The molecule has 29 heavy (non-hydrogen) atoms. The maximum absolute atomic E-state index is 12.6. The predicted molar refractivity (Wildman–Crippen MR) is 109 cm³/mol. The van der Waals surface area contributed by atoms with Crippen molar-refractivity contribution in [2.75, 3.05) is 7.11 Å². The molecule has 8 heteroatoms. The molecule has 0 saturated heterocycles. The van der Waals surface area contributed by atoms with Crippen LogP contribution in [0.25, 0.3) is 16.6 Å². The lowest BCUT2D eigenvalue weighted by Gasteiger charge is -2.14. The Morgan fingerprint density at radius 3 is 2.69 bits per heavy atom. The second kappa shape index (κ2) is 7.75. The van der Waals surface area contributed by atoms with Gasteiger partial charge in [0.25, 0.3) is 5.91 Å². The van der Waals surface area contributed by atoms with E-state index in [1.165, 1.54) is 11.9 Å². The average molecular weight is 390 g/mol. The number of aryl methyl sites for hydroxylation is 1. The van der Waals surface area contributed by atoms with Crippen molar-refractivity contribution in [3.8, 4) is 11.4 Å². The molecule has 0 aliphatic rings. The lowest BCUT2D eigenvalue weighted by Crippen LogP contribution is -2.34. The molecule has 1 amide bonds. The van der Waals surface area contributed by atoms with Crippen LogP contribution in [0.5, 0.6) is 5.75 Å². The smallest absolute Gasteiger partial charge is 0.251 e. The lowest BCUT2D eigenvalue weighted by atomic mass is 10.1. The van der Waals surface area contributed by atoms with E-state index >= 15 is 0 Å². The normalized spacial score (nSPS) is 12.1. The number of carbonyl (C=O) groups is 1. The molecule has 0 unspecified atom stereocenters. The number of hydrogen-bond donors (Lipinski definition) is 1. The highest BCUT2D eigenvalue weighted by molar-refractivity contribution is 5.94. The fraction of sp³-hybridized carbons (Fsp3) is 0.238. The molecule has 8 nitrogen and oxygen atoms in total. The van der Waals surface area contributed by atoms with Gasteiger partial charge < -0.3 is 14.6 Å². The molecule has 1 N–H and O–H groups in total. The second-order valence-electron chi connectivity index (χ2n) is 7.03. The quantitative estimate of drug-likeness (QED) is 0.547. The topological polar surface area (TPSA) is 86.9 Å². The maximum Gasteiger partial charge on any atom is 0.251 e. The highest BCUT2D eigenvalue weighted by Crippen LogP contribution is 2.26. The molecular weight excluding hydrogens is 368 g/mol. The molecule has 0 spiro atoms. The van der Waals surface area contributed by atoms with Crippen molar-refractivity contribution < 1.29 is 9.53 Å². The van der Waals surface area contributed by atoms with Gasteiger partial charge in [0.05, 0.1) is 12.8 Å². The third kappa shape index (κ3) is 3.82. The molecule has 0 saturated carbocycles. The van der Waals surface area contributed by atoms with Gasteiger partial charge in [-0.05, 0) is 71.8 Å². The zero-order valence-corrected chi connectivity index (χ0v) is 16.5. The van der Waals surface area contributed by atoms with Gasteiger partial charge in [-0.1, -0.05) is 0 Å². The first-order valence-electron chi connectivity index (χ1n) is 9.31. The van der Waals surface area contributed by atoms with Gasteiger partial charge in [-0.2, -0.15) is 0 Å². The summed E-state index contributed by atoms with van der Waals surface area (Å²) < 4.78 is 8.99. The van der Waals surface area contributed by atoms with Crippen molar-refractivity contribution in [3.05, 3.63) is 66.1 Å². The van der Waals surface area contributed by atoms with Crippen molar-refractivity contribution in [2.45, 2.75) is 19.4 Å². The predicted octanol–water partition coefficient (Wildman–Crippen LogP) is 2.52. The summed E-state index contributed by atoms with van der Waals surface area (Å²) in [4.78, 5) is 12.6. The van der Waals surface area contributed by atoms with E-state index in [-0.39, 0.29) is 11.9 Å². The Morgan fingerprint density at radius 2 is 2.00 bits per heavy atom. The van der Waals surface area contributed by atoms with Gasteiger partial charge in [-0.15, -0.1) is 5.10 Å². The standard InChI is InChI=1S/C21H22N6O2/c1-14(10-16-12-26(2)20-9-8-18(29-3)11-19(16)20)23-21(28)15-4-6-17(7-5-15)27-13-22-24-25-27/h4-9,11-14H,10H2,1-3H3,(H,23,28)/t14-/m0/s1. The number of nitrogens with one attached hydrogen (secondary N) is 1. The van der Waals surface area contributed by atoms with E-state index in [1.807, 2.05) is 44.3 Å². The fourth-order valence-electron chi connectivity index (χ4n) is 3.48. The van der Waals surface area contributed by atoms with Gasteiger partial charge >= 0.3 is 0 Å². The largest absolute Gasteiger partial charge is 0.497 e.